The number of nitrogens with zero attached hydrogens (tertiary/aromatic N) is 1. The molecule has 7 aromatic carbocycles. The molecule has 3 N–H and O–H groups in total. The summed E-state index contributed by atoms with van der Waals surface area (Å²) in [4.78, 5) is 108. The Morgan fingerprint density at radius 3 is 0.946 bits per heavy atom. The predicted molar refractivity (Wildman–Crippen MR) is 443 cm³/mol. The smallest absolute Gasteiger partial charge is 0.373 e. The molecule has 22 nitrogen and oxygen atoms in total. The number of ether oxygens (including phenoxy) is 7. The fourth-order valence-corrected chi connectivity index (χ4v) is 10.8. The van der Waals surface area contributed by atoms with Crippen LogP contribution in [0.3, 0.4) is 0 Å². The first kappa shape index (κ1) is 101. The van der Waals surface area contributed by atoms with Crippen molar-refractivity contribution in [3.63, 3.8) is 0 Å². The van der Waals surface area contributed by atoms with E-state index < -0.39 is 61.2 Å². The van der Waals surface area contributed by atoms with Crippen LogP contribution in [0.2, 0.25) is 0 Å². The van der Waals surface area contributed by atoms with E-state index in [9.17, 15) is 33.9 Å². The van der Waals surface area contributed by atoms with Crippen molar-refractivity contribution < 1.29 is 101 Å². The van der Waals surface area contributed by atoms with Crippen LogP contribution in [0.4, 0.5) is 0 Å². The van der Waals surface area contributed by atoms with Gasteiger partial charge >= 0.3 is 42.1 Å². The van der Waals surface area contributed by atoms with Crippen molar-refractivity contribution >= 4 is 93.3 Å². The normalized spacial score (nSPS) is 12.2. The highest BCUT2D eigenvalue weighted by Crippen LogP contribution is 2.31. The molecule has 0 aromatic heterocycles. The number of aryl methyl sites for hydroxylation is 4. The highest BCUT2D eigenvalue weighted by atomic mass is 127. The van der Waals surface area contributed by atoms with Gasteiger partial charge in [-0.25, -0.2) is 24.0 Å². The molecule has 8 atom stereocenters. The Labute approximate surface area is 682 Å². The number of alkyl halides is 2. The van der Waals surface area contributed by atoms with Crippen molar-refractivity contribution in [3.05, 3.63) is 269 Å². The quantitative estimate of drug-likeness (QED) is 0.0124. The van der Waals surface area contributed by atoms with E-state index in [0.29, 0.717) is 41.1 Å². The van der Waals surface area contributed by atoms with Crippen LogP contribution in [0.15, 0.2) is 208 Å². The van der Waals surface area contributed by atoms with Gasteiger partial charge in [-0.05, 0) is 156 Å². The molecule has 0 saturated heterocycles. The Kier molecular flexibility index (Phi) is 52.1. The molecule has 0 bridgehead atoms. The number of quaternary nitrogens is 2. The zero-order valence-corrected chi connectivity index (χ0v) is 71.1. The fraction of sp³-hybridized carbons (Fsp3) is 0.356. The van der Waals surface area contributed by atoms with Crippen LogP contribution in [0.1, 0.15) is 126 Å². The van der Waals surface area contributed by atoms with Gasteiger partial charge in [0.2, 0.25) is 6.10 Å². The first-order valence-electron chi connectivity index (χ1n) is 35.3. The molecule has 7 aromatic rings. The second-order valence-electron chi connectivity index (χ2n) is 26.4. The summed E-state index contributed by atoms with van der Waals surface area (Å²) in [7, 11) is 18.0. The van der Waals surface area contributed by atoms with Crippen LogP contribution >= 0.6 is 45.2 Å². The summed E-state index contributed by atoms with van der Waals surface area (Å²) >= 11 is 4.66. The van der Waals surface area contributed by atoms with Gasteiger partial charge in [0.15, 0.2) is 6.10 Å². The first-order chi connectivity index (χ1) is 52.5. The number of benzene rings is 7. The zero-order chi connectivity index (χ0) is 84.3. The molecular weight excluding hydrogens is 1640 g/mol. The number of nitrogens with one attached hydrogen (secondary N) is 2. The largest absolute Gasteiger partial charge is 0.546 e. The van der Waals surface area contributed by atoms with Gasteiger partial charge in [0, 0.05) is 36.1 Å². The number of hydrogen-bond donors (Lipinski definition) is 3. The van der Waals surface area contributed by atoms with Crippen molar-refractivity contribution in [1.82, 2.24) is 4.90 Å². The minimum absolute atomic E-state index is 0.196. The molecule has 0 aliphatic carbocycles. The summed E-state index contributed by atoms with van der Waals surface area (Å²) < 4.78 is 36.2. The lowest BCUT2D eigenvalue weighted by molar-refractivity contribution is -0.862. The third-order valence-corrected chi connectivity index (χ3v) is 16.1. The molecule has 600 valence electrons. The molecule has 0 radical (unpaired) electrons. The van der Waals surface area contributed by atoms with Gasteiger partial charge in [-0.2, -0.15) is 19.2 Å². The maximum Gasteiger partial charge on any atom is 0.373 e. The van der Waals surface area contributed by atoms with Gasteiger partial charge in [-0.3, -0.25) is 0 Å². The number of rotatable bonds is 30. The molecule has 111 heavy (non-hydrogen) atoms. The fourth-order valence-electron chi connectivity index (χ4n) is 10.8. The van der Waals surface area contributed by atoms with Crippen LogP contribution in [0.5, 0.6) is 17.2 Å². The number of aliphatic carboxylic acids is 2. The second-order valence-corrected chi connectivity index (χ2v) is 32.5. The topological polar surface area (TPSA) is 291 Å². The Balaban J connectivity index is 0.00000133. The summed E-state index contributed by atoms with van der Waals surface area (Å²) in [5.74, 6) is -0.482. The Morgan fingerprint density at radius 2 is 0.712 bits per heavy atom. The number of carbonyl (C=O) groups excluding carboxylic acids is 9. The van der Waals surface area contributed by atoms with Gasteiger partial charge in [0.1, 0.15) is 30.5 Å². The lowest BCUT2D eigenvalue weighted by atomic mass is 9.87. The molecule has 0 fully saturated rings. The molecule has 0 aliphatic heterocycles. The minimum Gasteiger partial charge on any atom is -0.546 e. The van der Waals surface area contributed by atoms with Crippen molar-refractivity contribution in [1.29, 1.82) is 0 Å². The van der Waals surface area contributed by atoms with E-state index in [2.05, 4.69) is 176 Å². The lowest BCUT2D eigenvalue weighted by Gasteiger charge is -2.24. The Bertz CT molecular complexity index is 3670. The van der Waals surface area contributed by atoms with E-state index >= 15 is 0 Å². The third-order valence-electron chi connectivity index (χ3n) is 16.1. The molecule has 7 rings (SSSR count). The number of esters is 4. The van der Waals surface area contributed by atoms with Crippen LogP contribution in [-0.4, -0.2) is 169 Å². The summed E-state index contributed by atoms with van der Waals surface area (Å²) in [6.45, 7) is 30.4. The minimum atomic E-state index is -1.69. The van der Waals surface area contributed by atoms with Crippen LogP contribution in [-0.2, 0) is 47.7 Å². The average molecular weight is 1760 g/mol. The second kappa shape index (κ2) is 57.2. The van der Waals surface area contributed by atoms with E-state index in [0.717, 1.165) is 61.1 Å². The van der Waals surface area contributed by atoms with Crippen LogP contribution in [0.25, 0.3) is 0 Å². The van der Waals surface area contributed by atoms with Crippen molar-refractivity contribution in [2.24, 2.45) is 17.8 Å². The highest BCUT2D eigenvalue weighted by Gasteiger charge is 2.27. The maximum absolute atomic E-state index is 12.0. The number of halogens is 2. The van der Waals surface area contributed by atoms with E-state index in [1.807, 2.05) is 82.3 Å². The molecule has 0 aliphatic rings. The summed E-state index contributed by atoms with van der Waals surface area (Å²) in [6, 6.07) is 50.9. The number of carboxylic acids is 2. The van der Waals surface area contributed by atoms with Crippen molar-refractivity contribution in [3.8, 4) is 17.2 Å². The summed E-state index contributed by atoms with van der Waals surface area (Å²) in [6.07, 6.45) is 3.35. The molecule has 0 saturated carbocycles. The van der Waals surface area contributed by atoms with Gasteiger partial charge in [-0.1, -0.05) is 191 Å². The van der Waals surface area contributed by atoms with Crippen LogP contribution < -0.4 is 29.1 Å². The summed E-state index contributed by atoms with van der Waals surface area (Å²) in [5, 5.41) is 20.3. The van der Waals surface area contributed by atoms with Crippen molar-refractivity contribution in [2.75, 3.05) is 96.5 Å². The number of allylic oxidation sites excluding steroid dienone is 3. The van der Waals surface area contributed by atoms with Gasteiger partial charge < -0.3 is 62.9 Å². The van der Waals surface area contributed by atoms with E-state index in [1.54, 1.807) is 94.1 Å². The zero-order valence-electron chi connectivity index (χ0n) is 66.7. The molecule has 0 heterocycles. The lowest BCUT2D eigenvalue weighted by Crippen LogP contribution is -3.06. The van der Waals surface area contributed by atoms with E-state index in [4.69, 9.17) is 57.4 Å². The Hall–Kier alpha value is -9.92. The molecule has 0 amide bonds. The molecular formula is C87H110I2N3O19+. The molecule has 0 unspecified atom stereocenters. The summed E-state index contributed by atoms with van der Waals surface area (Å²) in [5.41, 5.74) is 8.67. The number of methoxy groups -OCH3 is 3. The maximum atomic E-state index is 12.0. The standard InChI is InChI=1S/2C19H18O6.3C15H23NO.C2H4I2.2CO2/c2*1-12-3-7-14(8-4-12)18(22)24-11-16(17(20)21)25-19(23)15-9-5-13(2)6-10-15;3*1-6-15(12(2)11-16(3)4)13-8-7-9-14(10-13)17-5;1-2(3)4;2*2-1-3/h2*3-10,16H,11H2,1-2H3,(H,20,21);3*6-10,12,15H,1,11H2,2-5H3;2H,1H3;;/p+1/t2*16-;3*12-,15+;;;/m11100.../s1. The first-order valence-corrected chi connectivity index (χ1v) is 37.8. The monoisotopic (exact) mass is 1750 g/mol. The van der Waals surface area contributed by atoms with Gasteiger partial charge in [0.05, 0.1) is 92.8 Å². The molecule has 0 spiro atoms. The van der Waals surface area contributed by atoms with E-state index in [1.165, 1.54) is 50.8 Å². The van der Waals surface area contributed by atoms with Crippen LogP contribution in [0, 0.1) is 45.4 Å². The van der Waals surface area contributed by atoms with Gasteiger partial charge in [0.25, 0.3) is 0 Å². The number of carbonyl (C=O) groups is 6. The van der Waals surface area contributed by atoms with Crippen molar-refractivity contribution in [2.45, 2.75) is 87.3 Å². The third kappa shape index (κ3) is 42.7. The van der Waals surface area contributed by atoms with E-state index in [-0.39, 0.29) is 29.0 Å². The molecule has 24 heteroatoms. The highest BCUT2D eigenvalue weighted by molar-refractivity contribution is 14.2. The predicted octanol–water partition coefficient (Wildman–Crippen LogP) is 11.9. The SMILES string of the molecule is C=C[C@@H](c1cccc(OC)c1)[C@@H](C)CN(C)C.C=C[C@@H](c1cccc(OC)c1)[C@@H](C)C[NH+](C)C.C=C[C@H](c1cccc(OC)c1)[C@H](C)C[NH+](C)C.CC(I)I.Cc1ccc(C(=O)OC[C@@H](OC(=O)c2ccc(C)cc2)C(=O)O)cc1.Cc1ccc(C(=O)OC[C@@H](OC(=O)c2ccc(C)cc2)C(=O)[O-])cc1.O=C=O.O=C=O. The number of hydrogen-bond acceptors (Lipinski definition) is 19. The number of carboxylic acid groups (broad SMARTS) is 2. The van der Waals surface area contributed by atoms with Gasteiger partial charge in [-0.15, -0.1) is 19.7 Å². The Morgan fingerprint density at radius 1 is 0.459 bits per heavy atom. The average Bonchev–Trinajstić information content (AvgIpc) is 0.870.